The predicted molar refractivity (Wildman–Crippen MR) is 292 cm³/mol. The molecule has 0 saturated heterocycles. The summed E-state index contributed by atoms with van der Waals surface area (Å²) in [4.78, 5) is 132. The monoisotopic (exact) mass is 1160 g/mol. The number of rotatable bonds is 37. The van der Waals surface area contributed by atoms with Crippen LogP contribution in [0.4, 0.5) is 0 Å². The van der Waals surface area contributed by atoms with Crippen molar-refractivity contribution in [3.8, 4) is 0 Å². The Balaban J connectivity index is -0.000000221. The first-order valence-corrected chi connectivity index (χ1v) is 27.5. The zero-order chi connectivity index (χ0) is 61.3. The van der Waals surface area contributed by atoms with Gasteiger partial charge in [0.25, 0.3) is 0 Å². The molecule has 0 aromatic heterocycles. The summed E-state index contributed by atoms with van der Waals surface area (Å²) < 4.78 is 59.0. The molecule has 0 heterocycles. The molecule has 80 heavy (non-hydrogen) atoms. The van der Waals surface area contributed by atoms with Gasteiger partial charge in [0.1, 0.15) is 58.3 Å². The molecule has 0 aliphatic rings. The molecule has 0 spiro atoms. The molecule has 0 aromatic carbocycles. The lowest BCUT2D eigenvalue weighted by atomic mass is 9.92. The fourth-order valence-electron chi connectivity index (χ4n) is 4.63. The number of esters is 12. The Morgan fingerprint density at radius 1 is 0.287 bits per heavy atom. The second kappa shape index (κ2) is 60.3. The summed E-state index contributed by atoms with van der Waals surface area (Å²) in [5.41, 5.74) is -1.15. The van der Waals surface area contributed by atoms with Crippen LogP contribution < -0.4 is 0 Å². The number of ether oxygens (including phenoxy) is 12. The van der Waals surface area contributed by atoms with Gasteiger partial charge in [-0.3, -0.25) is 57.5 Å². The third kappa shape index (κ3) is 59.3. The third-order valence-electron chi connectivity index (χ3n) is 9.46. The standard InChI is InChI=1S/C17H28O8.C12H20O6.C9H16O4.C9H18O2.C8H14O4.CH4/c1-5-13(18)22-9-17(10-23-14(19)6-2,11-24-15(20)7-3)12-25-16(21)8-4;1-4-10(13)16-7-9(18-12(15)6-3)8-17-11(14)5-2;1-3-8(10)12-6-5-7-13-9(11)4-2;1-3-5-6-7-8-9(10)11-4-2;1-3-7(9)11-5-6-12-8(10)4-2;/h5-12H2,1-4H3;9H,4-8H2,1-3H3;3-7H2,1-2H3;3-8H2,1-2H3;3-6H2,1-2H3;1H4. The lowest BCUT2D eigenvalue weighted by Gasteiger charge is -2.31. The van der Waals surface area contributed by atoms with Crippen molar-refractivity contribution in [2.24, 2.45) is 5.41 Å². The van der Waals surface area contributed by atoms with Gasteiger partial charge in [0.05, 0.1) is 19.8 Å². The topological polar surface area (TPSA) is 316 Å². The van der Waals surface area contributed by atoms with Crippen LogP contribution in [-0.2, 0) is 114 Å². The van der Waals surface area contributed by atoms with Gasteiger partial charge >= 0.3 is 71.6 Å². The molecule has 0 aliphatic carbocycles. The Hall–Kier alpha value is -6.36. The van der Waals surface area contributed by atoms with Gasteiger partial charge in [-0.2, -0.15) is 0 Å². The normalized spacial score (nSPS) is 9.82. The van der Waals surface area contributed by atoms with Gasteiger partial charge in [-0.05, 0) is 13.3 Å². The van der Waals surface area contributed by atoms with E-state index in [1.54, 1.807) is 76.2 Å². The predicted octanol–water partition coefficient (Wildman–Crippen LogP) is 8.33. The maximum absolute atomic E-state index is 11.5. The average Bonchev–Trinajstić information content (AvgIpc) is 3.46. The highest BCUT2D eigenvalue weighted by Gasteiger charge is 2.37. The maximum atomic E-state index is 11.5. The van der Waals surface area contributed by atoms with Crippen LogP contribution in [0.15, 0.2) is 0 Å². The molecule has 0 fully saturated rings. The Kier molecular flexibility index (Phi) is 64.0. The Bertz CT molecular complexity index is 1550. The number of unbranched alkanes of at least 4 members (excludes halogenated alkanes) is 3. The van der Waals surface area contributed by atoms with Crippen molar-refractivity contribution in [3.63, 3.8) is 0 Å². The van der Waals surface area contributed by atoms with Crippen molar-refractivity contribution in [1.82, 2.24) is 0 Å². The fourth-order valence-corrected chi connectivity index (χ4v) is 4.63. The third-order valence-corrected chi connectivity index (χ3v) is 9.46. The molecule has 0 N–H and O–H groups in total. The van der Waals surface area contributed by atoms with E-state index in [-0.39, 0.29) is 135 Å². The Labute approximate surface area is 475 Å². The SMILES string of the molecule is C.CCC(=O)OCC(COC(=O)CC)(COC(=O)CC)COC(=O)CC.CCC(=O)OCC(COC(=O)CC)OC(=O)CC.CCC(=O)OCCCOC(=O)CC.CCC(=O)OCCOC(=O)CC.CCCCCCC(=O)OCC. The first kappa shape index (κ1) is 84.9. The Morgan fingerprint density at radius 2 is 0.562 bits per heavy atom. The first-order valence-electron chi connectivity index (χ1n) is 27.5. The van der Waals surface area contributed by atoms with E-state index in [1.165, 1.54) is 12.8 Å². The molecule has 24 nitrogen and oxygen atoms in total. The summed E-state index contributed by atoms with van der Waals surface area (Å²) >= 11 is 0. The molecule has 0 rings (SSSR count). The van der Waals surface area contributed by atoms with Crippen molar-refractivity contribution in [2.45, 2.75) is 213 Å². The molecular formula is C56H100O24. The van der Waals surface area contributed by atoms with Gasteiger partial charge in [0, 0.05) is 83.5 Å². The molecule has 0 radical (unpaired) electrons. The quantitative estimate of drug-likeness (QED) is 0.0320. The second-order valence-corrected chi connectivity index (χ2v) is 16.4. The molecular weight excluding hydrogens is 1060 g/mol. The van der Waals surface area contributed by atoms with Gasteiger partial charge in [-0.15, -0.1) is 0 Å². The minimum atomic E-state index is -1.15. The molecule has 0 saturated carbocycles. The van der Waals surface area contributed by atoms with Crippen molar-refractivity contribution in [3.05, 3.63) is 0 Å². The summed E-state index contributed by atoms with van der Waals surface area (Å²) in [6.45, 7) is 22.8. The van der Waals surface area contributed by atoms with Crippen molar-refractivity contribution < 1.29 is 114 Å². The largest absolute Gasteiger partial charge is 0.466 e. The zero-order valence-corrected chi connectivity index (χ0v) is 49.7. The minimum Gasteiger partial charge on any atom is -0.466 e. The van der Waals surface area contributed by atoms with Crippen LogP contribution in [0.3, 0.4) is 0 Å². The van der Waals surface area contributed by atoms with Crippen LogP contribution >= 0.6 is 0 Å². The van der Waals surface area contributed by atoms with E-state index in [9.17, 15) is 57.5 Å². The summed E-state index contributed by atoms with van der Waals surface area (Å²) in [6, 6.07) is 0. The van der Waals surface area contributed by atoms with E-state index in [1.807, 2.05) is 6.92 Å². The molecule has 0 aromatic rings. The minimum absolute atomic E-state index is 0. The fraction of sp³-hybridized carbons (Fsp3) is 0.786. The van der Waals surface area contributed by atoms with Crippen LogP contribution in [0.2, 0.25) is 0 Å². The van der Waals surface area contributed by atoms with Crippen LogP contribution in [0, 0.1) is 5.41 Å². The lowest BCUT2D eigenvalue weighted by Crippen LogP contribution is -2.43. The van der Waals surface area contributed by atoms with Crippen LogP contribution in [0.5, 0.6) is 0 Å². The Morgan fingerprint density at radius 3 is 0.838 bits per heavy atom. The van der Waals surface area contributed by atoms with E-state index < -0.39 is 53.3 Å². The first-order chi connectivity index (χ1) is 37.6. The van der Waals surface area contributed by atoms with E-state index in [0.717, 1.165) is 12.8 Å². The summed E-state index contributed by atoms with van der Waals surface area (Å²) in [5.74, 6) is -4.12. The van der Waals surface area contributed by atoms with Crippen LogP contribution in [0.25, 0.3) is 0 Å². The maximum Gasteiger partial charge on any atom is 0.306 e. The molecule has 0 amide bonds. The highest BCUT2D eigenvalue weighted by atomic mass is 16.6. The molecule has 0 unspecified atom stereocenters. The van der Waals surface area contributed by atoms with E-state index in [0.29, 0.717) is 58.3 Å². The van der Waals surface area contributed by atoms with Gasteiger partial charge < -0.3 is 56.8 Å². The van der Waals surface area contributed by atoms with Gasteiger partial charge in [0.15, 0.2) is 6.10 Å². The molecule has 0 aliphatic heterocycles. The second-order valence-electron chi connectivity index (χ2n) is 16.4. The van der Waals surface area contributed by atoms with Gasteiger partial charge in [0.2, 0.25) is 0 Å². The number of hydrogen-bond acceptors (Lipinski definition) is 24. The highest BCUT2D eigenvalue weighted by Crippen LogP contribution is 2.22. The van der Waals surface area contributed by atoms with Gasteiger partial charge in [-0.25, -0.2) is 0 Å². The molecule has 0 bridgehead atoms. The van der Waals surface area contributed by atoms with Crippen molar-refractivity contribution >= 4 is 71.6 Å². The average molecular weight is 1160 g/mol. The number of carbonyl (C=O) groups excluding carboxylic acids is 12. The molecule has 24 heteroatoms. The smallest absolute Gasteiger partial charge is 0.306 e. The lowest BCUT2D eigenvalue weighted by molar-refractivity contribution is -0.171. The zero-order valence-electron chi connectivity index (χ0n) is 49.7. The van der Waals surface area contributed by atoms with Gasteiger partial charge in [-0.1, -0.05) is 110 Å². The van der Waals surface area contributed by atoms with E-state index in [4.69, 9.17) is 47.4 Å². The summed E-state index contributed by atoms with van der Waals surface area (Å²) in [7, 11) is 0. The number of carbonyl (C=O) groups is 12. The summed E-state index contributed by atoms with van der Waals surface area (Å²) in [6.07, 6.45) is 7.77. The van der Waals surface area contributed by atoms with E-state index >= 15 is 0 Å². The van der Waals surface area contributed by atoms with Crippen LogP contribution in [0.1, 0.15) is 207 Å². The molecule has 0 atom stereocenters. The summed E-state index contributed by atoms with van der Waals surface area (Å²) in [5, 5.41) is 0. The highest BCUT2D eigenvalue weighted by molar-refractivity contribution is 5.73. The molecule has 468 valence electrons. The van der Waals surface area contributed by atoms with E-state index in [2.05, 4.69) is 16.4 Å². The van der Waals surface area contributed by atoms with Crippen molar-refractivity contribution in [2.75, 3.05) is 72.7 Å². The van der Waals surface area contributed by atoms with Crippen molar-refractivity contribution in [1.29, 1.82) is 0 Å². The number of hydrogen-bond donors (Lipinski definition) is 0. The van der Waals surface area contributed by atoms with Crippen LogP contribution in [-0.4, -0.2) is 150 Å².